The summed E-state index contributed by atoms with van der Waals surface area (Å²) < 4.78 is 26.1. The van der Waals surface area contributed by atoms with E-state index in [1.807, 2.05) is 0 Å². The summed E-state index contributed by atoms with van der Waals surface area (Å²) in [5.41, 5.74) is 1.25. The Bertz CT molecular complexity index is 1590. The Hall–Kier alpha value is -6.13. The van der Waals surface area contributed by atoms with Crippen molar-refractivity contribution in [1.82, 2.24) is 15.6 Å². The summed E-state index contributed by atoms with van der Waals surface area (Å²) >= 11 is 0. The number of urea groups is 1. The highest BCUT2D eigenvalue weighted by atomic mass is 16.6. The molecule has 266 valence electrons. The summed E-state index contributed by atoms with van der Waals surface area (Å²) in [6.07, 6.45) is -5.95. The van der Waals surface area contributed by atoms with Gasteiger partial charge in [0.05, 0.1) is 6.21 Å². The quantitative estimate of drug-likeness (QED) is 0.0869. The minimum atomic E-state index is -1.77. The lowest BCUT2D eigenvalue weighted by atomic mass is 9.81. The first-order valence-electron chi connectivity index (χ1n) is 15.0. The van der Waals surface area contributed by atoms with Crippen LogP contribution in [0.3, 0.4) is 0 Å². The molecule has 0 unspecified atom stereocenters. The molecule has 50 heavy (non-hydrogen) atoms. The van der Waals surface area contributed by atoms with Gasteiger partial charge in [0.15, 0.2) is 30.0 Å². The number of hydrogen-bond donors (Lipinski definition) is 2. The van der Waals surface area contributed by atoms with Crippen LogP contribution < -0.4 is 10.7 Å². The van der Waals surface area contributed by atoms with Gasteiger partial charge in [-0.2, -0.15) is 5.10 Å². The molecule has 0 bridgehead atoms. The minimum Gasteiger partial charge on any atom is -0.462 e. The van der Waals surface area contributed by atoms with Crippen molar-refractivity contribution in [3.05, 3.63) is 71.8 Å². The van der Waals surface area contributed by atoms with E-state index in [1.54, 1.807) is 60.7 Å². The molecule has 1 heterocycles. The fraction of sp³-hybridized carbons (Fsp3) is 0.364. The van der Waals surface area contributed by atoms with Crippen LogP contribution in [-0.2, 0) is 62.8 Å². The van der Waals surface area contributed by atoms with Gasteiger partial charge in [0, 0.05) is 34.6 Å². The van der Waals surface area contributed by atoms with Crippen LogP contribution in [-0.4, -0.2) is 96.4 Å². The van der Waals surface area contributed by atoms with Gasteiger partial charge in [-0.05, 0) is 11.1 Å². The first-order valence-corrected chi connectivity index (χ1v) is 15.0. The molecular weight excluding hydrogens is 660 g/mol. The van der Waals surface area contributed by atoms with Gasteiger partial charge >= 0.3 is 35.9 Å². The first-order chi connectivity index (χ1) is 23.7. The van der Waals surface area contributed by atoms with Gasteiger partial charge in [0.1, 0.15) is 13.2 Å². The third-order valence-electron chi connectivity index (χ3n) is 6.98. The monoisotopic (exact) mass is 696 g/mol. The molecule has 17 heteroatoms. The van der Waals surface area contributed by atoms with E-state index < -0.39 is 90.8 Å². The molecule has 17 nitrogen and oxygen atoms in total. The third-order valence-corrected chi connectivity index (χ3v) is 6.98. The maximum absolute atomic E-state index is 13.5. The second kappa shape index (κ2) is 17.3. The third kappa shape index (κ3) is 9.71. The number of nitrogens with zero attached hydrogens (tertiary/aromatic N) is 2. The molecule has 3 rings (SSSR count). The highest BCUT2D eigenvalue weighted by Crippen LogP contribution is 2.39. The lowest BCUT2D eigenvalue weighted by molar-refractivity contribution is -0.197. The normalized spacial score (nSPS) is 15.9. The molecule has 1 saturated heterocycles. The van der Waals surface area contributed by atoms with Crippen molar-refractivity contribution in [2.75, 3.05) is 13.2 Å². The standard InChI is InChI=1S/C33H36N4O13/c1-19(38)46-18-27(48-21(3)40)30(50-23(5)42)29(49-22(4)41)26(47-20(2)39)16-34-36-28(43)17-37-32(45)35-31(44)33(37,24-12-8-6-9-13-24)25-14-10-7-11-15-25/h6-16,26-27,29-30H,17-18H2,1-5H3,(H,36,43)(H,35,44,45)/b34-16+/t26-,27+,29+,30-/m0/s1. The van der Waals surface area contributed by atoms with E-state index in [0.717, 1.165) is 45.7 Å². The zero-order chi connectivity index (χ0) is 37.0. The predicted octanol–water partition coefficient (Wildman–Crippen LogP) is 0.874. The van der Waals surface area contributed by atoms with E-state index in [9.17, 15) is 38.4 Å². The van der Waals surface area contributed by atoms with Gasteiger partial charge in [0.2, 0.25) is 0 Å². The average Bonchev–Trinajstić information content (AvgIpc) is 3.29. The fourth-order valence-electron chi connectivity index (χ4n) is 5.22. The lowest BCUT2D eigenvalue weighted by Crippen LogP contribution is -2.53. The van der Waals surface area contributed by atoms with Gasteiger partial charge in [-0.3, -0.25) is 43.8 Å². The summed E-state index contributed by atoms with van der Waals surface area (Å²) in [7, 11) is 0. The number of esters is 5. The van der Waals surface area contributed by atoms with E-state index in [4.69, 9.17) is 23.7 Å². The highest BCUT2D eigenvalue weighted by Gasteiger charge is 2.56. The summed E-state index contributed by atoms with van der Waals surface area (Å²) in [5.74, 6) is -6.11. The number of benzene rings is 2. The molecule has 4 atom stereocenters. The first kappa shape index (κ1) is 38.3. The number of ether oxygens (including phenoxy) is 5. The Kier molecular flexibility index (Phi) is 13.3. The molecule has 2 N–H and O–H groups in total. The number of rotatable bonds is 15. The van der Waals surface area contributed by atoms with Gasteiger partial charge in [-0.25, -0.2) is 10.2 Å². The summed E-state index contributed by atoms with van der Waals surface area (Å²) in [4.78, 5) is 101. The summed E-state index contributed by atoms with van der Waals surface area (Å²) in [6.45, 7) is 3.71. The maximum atomic E-state index is 13.5. The average molecular weight is 697 g/mol. The number of hydrazone groups is 1. The Morgan fingerprint density at radius 3 is 1.72 bits per heavy atom. The number of carbonyl (C=O) groups is 8. The van der Waals surface area contributed by atoms with Crippen LogP contribution in [0.2, 0.25) is 0 Å². The van der Waals surface area contributed by atoms with E-state index in [2.05, 4.69) is 15.8 Å². The second-order valence-corrected chi connectivity index (χ2v) is 10.8. The van der Waals surface area contributed by atoms with Crippen molar-refractivity contribution in [2.24, 2.45) is 5.10 Å². The Balaban J connectivity index is 1.97. The van der Waals surface area contributed by atoms with E-state index in [0.29, 0.717) is 11.1 Å². The fourth-order valence-corrected chi connectivity index (χ4v) is 5.22. The van der Waals surface area contributed by atoms with Crippen molar-refractivity contribution in [3.8, 4) is 0 Å². The smallest absolute Gasteiger partial charge is 0.326 e. The van der Waals surface area contributed by atoms with Crippen molar-refractivity contribution in [3.63, 3.8) is 0 Å². The molecule has 0 spiro atoms. The minimum absolute atomic E-state index is 0.401. The van der Waals surface area contributed by atoms with Crippen molar-refractivity contribution in [1.29, 1.82) is 0 Å². The zero-order valence-corrected chi connectivity index (χ0v) is 27.8. The molecule has 1 fully saturated rings. The van der Waals surface area contributed by atoms with Crippen LogP contribution in [0.25, 0.3) is 0 Å². The van der Waals surface area contributed by atoms with E-state index in [1.165, 1.54) is 0 Å². The molecular formula is C33H36N4O13. The highest BCUT2D eigenvalue weighted by molar-refractivity contribution is 6.10. The molecule has 0 radical (unpaired) electrons. The van der Waals surface area contributed by atoms with Gasteiger partial charge in [0.25, 0.3) is 11.8 Å². The van der Waals surface area contributed by atoms with Gasteiger partial charge < -0.3 is 23.7 Å². The van der Waals surface area contributed by atoms with Crippen LogP contribution in [0.1, 0.15) is 45.7 Å². The number of amides is 4. The topological polar surface area (TPSA) is 222 Å². The molecule has 2 aromatic rings. The number of hydrogen-bond acceptors (Lipinski definition) is 14. The largest absolute Gasteiger partial charge is 0.462 e. The molecule has 0 saturated carbocycles. The van der Waals surface area contributed by atoms with Crippen molar-refractivity contribution in [2.45, 2.75) is 64.6 Å². The van der Waals surface area contributed by atoms with Gasteiger partial charge in [-0.1, -0.05) is 60.7 Å². The summed E-state index contributed by atoms with van der Waals surface area (Å²) in [5, 5.41) is 6.09. The van der Waals surface area contributed by atoms with Gasteiger partial charge in [-0.15, -0.1) is 0 Å². The van der Waals surface area contributed by atoms with Crippen molar-refractivity contribution >= 4 is 53.9 Å². The Morgan fingerprint density at radius 2 is 1.24 bits per heavy atom. The van der Waals surface area contributed by atoms with Crippen LogP contribution in [0.4, 0.5) is 4.79 Å². The van der Waals surface area contributed by atoms with E-state index in [-0.39, 0.29) is 0 Å². The Labute approximate surface area is 286 Å². The second-order valence-electron chi connectivity index (χ2n) is 10.8. The maximum Gasteiger partial charge on any atom is 0.326 e. The molecule has 1 aliphatic rings. The number of carbonyl (C=O) groups excluding carboxylic acids is 8. The number of imide groups is 1. The zero-order valence-electron chi connectivity index (χ0n) is 27.8. The SMILES string of the molecule is CC(=O)OC[C@@H](OC(C)=O)[C@H](OC(C)=O)[C@H](OC(C)=O)[C@H](/C=N/NC(=O)CN1C(=O)NC(=O)C1(c1ccccc1)c1ccccc1)OC(C)=O. The molecule has 0 aliphatic carbocycles. The van der Waals surface area contributed by atoms with Crippen molar-refractivity contribution < 1.29 is 62.0 Å². The van der Waals surface area contributed by atoms with Crippen LogP contribution in [0.15, 0.2) is 65.8 Å². The van der Waals surface area contributed by atoms with Crippen LogP contribution >= 0.6 is 0 Å². The Morgan fingerprint density at radius 1 is 0.740 bits per heavy atom. The lowest BCUT2D eigenvalue weighted by Gasteiger charge is -2.35. The molecule has 2 aromatic carbocycles. The van der Waals surface area contributed by atoms with Crippen LogP contribution in [0.5, 0.6) is 0 Å². The predicted molar refractivity (Wildman–Crippen MR) is 169 cm³/mol. The molecule has 1 aliphatic heterocycles. The summed E-state index contributed by atoms with van der Waals surface area (Å²) in [6, 6.07) is 15.8. The van der Waals surface area contributed by atoms with Crippen LogP contribution in [0, 0.1) is 0 Å². The number of nitrogens with one attached hydrogen (secondary N) is 2. The molecule has 0 aromatic heterocycles. The molecule has 4 amide bonds. The van der Waals surface area contributed by atoms with E-state index >= 15 is 0 Å².